The highest BCUT2D eigenvalue weighted by molar-refractivity contribution is 6.30. The number of carbonyl (C=O) groups excluding carboxylic acids is 1. The minimum Gasteiger partial charge on any atom is -0.480 e. The molecule has 0 saturated heterocycles. The van der Waals surface area contributed by atoms with E-state index in [0.717, 1.165) is 31.2 Å². The van der Waals surface area contributed by atoms with Crippen LogP contribution in [0.15, 0.2) is 18.2 Å². The number of aliphatic hydroxyl groups is 1. The number of carbonyl (C=O) groups is 1. The molecule has 20 heavy (non-hydrogen) atoms. The van der Waals surface area contributed by atoms with Crippen LogP contribution >= 0.6 is 11.6 Å². The summed E-state index contributed by atoms with van der Waals surface area (Å²) < 4.78 is 5.62. The Bertz CT molecular complexity index is 526. The Morgan fingerprint density at radius 1 is 1.45 bits per heavy atom. The van der Waals surface area contributed by atoms with Crippen molar-refractivity contribution in [3.05, 3.63) is 28.8 Å². The molecule has 1 aliphatic carbocycles. The smallest absolute Gasteiger partial charge is 0.261 e. The Labute approximate surface area is 123 Å². The van der Waals surface area contributed by atoms with E-state index in [2.05, 4.69) is 5.32 Å². The first kappa shape index (κ1) is 13.7. The maximum absolute atomic E-state index is 12.1. The monoisotopic (exact) mass is 295 g/mol. The van der Waals surface area contributed by atoms with Crippen LogP contribution < -0.4 is 10.1 Å². The standard InChI is InChI=1S/C15H18ClNO3/c16-11-3-4-12-10(7-11)8-13(20-12)14(18)17-9-15(19)5-1-2-6-15/h3-4,7,13,19H,1-2,5-6,8-9H2,(H,17,18). The van der Waals surface area contributed by atoms with Gasteiger partial charge in [0.25, 0.3) is 5.91 Å². The average molecular weight is 296 g/mol. The van der Waals surface area contributed by atoms with E-state index in [1.54, 1.807) is 12.1 Å². The summed E-state index contributed by atoms with van der Waals surface area (Å²) in [4.78, 5) is 12.1. The van der Waals surface area contributed by atoms with Gasteiger partial charge in [-0.1, -0.05) is 24.4 Å². The number of nitrogens with one attached hydrogen (secondary N) is 1. The fourth-order valence-corrected chi connectivity index (χ4v) is 3.13. The molecule has 1 unspecified atom stereocenters. The molecular formula is C15H18ClNO3. The van der Waals surface area contributed by atoms with Gasteiger partial charge in [-0.25, -0.2) is 0 Å². The van der Waals surface area contributed by atoms with Gasteiger partial charge >= 0.3 is 0 Å². The quantitative estimate of drug-likeness (QED) is 0.897. The van der Waals surface area contributed by atoms with Crippen LogP contribution in [0.25, 0.3) is 0 Å². The summed E-state index contributed by atoms with van der Waals surface area (Å²) in [5, 5.41) is 13.7. The van der Waals surface area contributed by atoms with Gasteiger partial charge in [0.1, 0.15) is 5.75 Å². The maximum Gasteiger partial charge on any atom is 0.261 e. The summed E-state index contributed by atoms with van der Waals surface area (Å²) in [5.74, 6) is 0.548. The Hall–Kier alpha value is -1.26. The molecular weight excluding hydrogens is 278 g/mol. The molecule has 1 fully saturated rings. The van der Waals surface area contributed by atoms with Crippen molar-refractivity contribution in [1.29, 1.82) is 0 Å². The van der Waals surface area contributed by atoms with Gasteiger partial charge in [0.15, 0.2) is 6.10 Å². The van der Waals surface area contributed by atoms with E-state index in [-0.39, 0.29) is 5.91 Å². The molecule has 4 nitrogen and oxygen atoms in total. The van der Waals surface area contributed by atoms with E-state index in [9.17, 15) is 9.90 Å². The topological polar surface area (TPSA) is 58.6 Å². The van der Waals surface area contributed by atoms with Crippen molar-refractivity contribution < 1.29 is 14.6 Å². The number of benzene rings is 1. The highest BCUT2D eigenvalue weighted by Crippen LogP contribution is 2.32. The van der Waals surface area contributed by atoms with Gasteiger partial charge in [0.05, 0.1) is 5.60 Å². The first-order valence-electron chi connectivity index (χ1n) is 7.01. The van der Waals surface area contributed by atoms with E-state index >= 15 is 0 Å². The molecule has 3 rings (SSSR count). The second-order valence-electron chi connectivity index (χ2n) is 5.71. The Morgan fingerprint density at radius 3 is 2.95 bits per heavy atom. The molecule has 108 valence electrons. The van der Waals surface area contributed by atoms with Crippen molar-refractivity contribution in [3.8, 4) is 5.75 Å². The SMILES string of the molecule is O=C(NCC1(O)CCCC1)C1Cc2cc(Cl)ccc2O1. The zero-order valence-corrected chi connectivity index (χ0v) is 11.9. The molecule has 5 heteroatoms. The molecule has 0 bridgehead atoms. The average Bonchev–Trinajstić information content (AvgIpc) is 3.02. The molecule has 2 aliphatic rings. The zero-order chi connectivity index (χ0) is 14.2. The molecule has 1 saturated carbocycles. The van der Waals surface area contributed by atoms with Gasteiger partial charge < -0.3 is 15.2 Å². The third kappa shape index (κ3) is 2.76. The van der Waals surface area contributed by atoms with Crippen LogP contribution in [0.3, 0.4) is 0 Å². The minimum atomic E-state index is -0.732. The van der Waals surface area contributed by atoms with Crippen LogP contribution in [-0.2, 0) is 11.2 Å². The van der Waals surface area contributed by atoms with Crippen molar-refractivity contribution in [2.45, 2.75) is 43.8 Å². The van der Waals surface area contributed by atoms with E-state index in [1.807, 2.05) is 6.07 Å². The van der Waals surface area contributed by atoms with E-state index in [0.29, 0.717) is 23.7 Å². The minimum absolute atomic E-state index is 0.169. The number of rotatable bonds is 3. The summed E-state index contributed by atoms with van der Waals surface area (Å²) in [6, 6.07) is 5.37. The van der Waals surface area contributed by atoms with E-state index < -0.39 is 11.7 Å². The first-order chi connectivity index (χ1) is 9.56. The Morgan fingerprint density at radius 2 is 2.20 bits per heavy atom. The van der Waals surface area contributed by atoms with Gasteiger partial charge in [-0.15, -0.1) is 0 Å². The van der Waals surface area contributed by atoms with E-state index in [1.165, 1.54) is 0 Å². The second-order valence-corrected chi connectivity index (χ2v) is 6.15. The van der Waals surface area contributed by atoms with Gasteiger partial charge in [-0.3, -0.25) is 4.79 Å². The number of amides is 1. The molecule has 1 aromatic carbocycles. The van der Waals surface area contributed by atoms with Gasteiger partial charge in [-0.2, -0.15) is 0 Å². The summed E-state index contributed by atoms with van der Waals surface area (Å²) >= 11 is 5.93. The van der Waals surface area contributed by atoms with Gasteiger partial charge in [0, 0.05) is 18.0 Å². The number of hydrogen-bond acceptors (Lipinski definition) is 3. The molecule has 0 radical (unpaired) electrons. The molecule has 0 aromatic heterocycles. The molecule has 1 aliphatic heterocycles. The molecule has 0 spiro atoms. The maximum atomic E-state index is 12.1. The third-order valence-corrected chi connectivity index (χ3v) is 4.35. The van der Waals surface area contributed by atoms with Crippen LogP contribution in [-0.4, -0.2) is 29.3 Å². The van der Waals surface area contributed by atoms with Crippen molar-refractivity contribution in [2.75, 3.05) is 6.54 Å². The summed E-state index contributed by atoms with van der Waals surface area (Å²) in [6.07, 6.45) is 3.57. The number of hydrogen-bond donors (Lipinski definition) is 2. The third-order valence-electron chi connectivity index (χ3n) is 4.12. The van der Waals surface area contributed by atoms with Gasteiger partial charge in [0.2, 0.25) is 0 Å². The van der Waals surface area contributed by atoms with E-state index in [4.69, 9.17) is 16.3 Å². The van der Waals surface area contributed by atoms with Crippen LogP contribution in [0.1, 0.15) is 31.2 Å². The number of halogens is 1. The van der Waals surface area contributed by atoms with Crippen LogP contribution in [0.2, 0.25) is 5.02 Å². The lowest BCUT2D eigenvalue weighted by atomic mass is 10.0. The fourth-order valence-electron chi connectivity index (χ4n) is 2.94. The first-order valence-corrected chi connectivity index (χ1v) is 7.39. The molecule has 1 aromatic rings. The van der Waals surface area contributed by atoms with Crippen molar-refractivity contribution in [1.82, 2.24) is 5.32 Å². The Kier molecular flexibility index (Phi) is 3.61. The zero-order valence-electron chi connectivity index (χ0n) is 11.2. The predicted molar refractivity (Wildman–Crippen MR) is 76.0 cm³/mol. The van der Waals surface area contributed by atoms with Crippen LogP contribution in [0.5, 0.6) is 5.75 Å². The number of fused-ring (bicyclic) bond motifs is 1. The molecule has 1 amide bonds. The van der Waals surface area contributed by atoms with Crippen molar-refractivity contribution >= 4 is 17.5 Å². The lowest BCUT2D eigenvalue weighted by Crippen LogP contribution is -2.45. The van der Waals surface area contributed by atoms with Crippen LogP contribution in [0, 0.1) is 0 Å². The van der Waals surface area contributed by atoms with Gasteiger partial charge in [-0.05, 0) is 36.6 Å². The summed E-state index contributed by atoms with van der Waals surface area (Å²) in [6.45, 7) is 0.308. The summed E-state index contributed by atoms with van der Waals surface area (Å²) in [7, 11) is 0. The largest absolute Gasteiger partial charge is 0.480 e. The highest BCUT2D eigenvalue weighted by atomic mass is 35.5. The predicted octanol–water partition coefficient (Wildman–Crippen LogP) is 2.06. The number of ether oxygens (including phenoxy) is 1. The lowest BCUT2D eigenvalue weighted by Gasteiger charge is -2.23. The molecule has 1 atom stereocenters. The van der Waals surface area contributed by atoms with Crippen molar-refractivity contribution in [3.63, 3.8) is 0 Å². The van der Waals surface area contributed by atoms with Crippen LogP contribution in [0.4, 0.5) is 0 Å². The molecule has 1 heterocycles. The normalized spacial score (nSPS) is 23.2. The van der Waals surface area contributed by atoms with Crippen molar-refractivity contribution in [2.24, 2.45) is 0 Å². The highest BCUT2D eigenvalue weighted by Gasteiger charge is 2.34. The summed E-state index contributed by atoms with van der Waals surface area (Å²) in [5.41, 5.74) is 0.224. The molecule has 2 N–H and O–H groups in total. The lowest BCUT2D eigenvalue weighted by molar-refractivity contribution is -0.128. The second kappa shape index (κ2) is 5.26. The Balaban J connectivity index is 1.57. The fraction of sp³-hybridized carbons (Fsp3) is 0.533.